The molecule has 0 radical (unpaired) electrons. The quantitative estimate of drug-likeness (QED) is 0.695. The highest BCUT2D eigenvalue weighted by atomic mass is 16.3. The third kappa shape index (κ3) is 1.93. The molecule has 0 saturated heterocycles. The lowest BCUT2D eigenvalue weighted by Crippen LogP contribution is -2.66. The maximum absolute atomic E-state index is 11.4. The molecule has 23 heavy (non-hydrogen) atoms. The van der Waals surface area contributed by atoms with Crippen molar-refractivity contribution in [3.05, 3.63) is 0 Å². The summed E-state index contributed by atoms with van der Waals surface area (Å²) in [4.78, 5) is 0. The predicted octanol–water partition coefficient (Wildman–Crippen LogP) is 3.11. The molecule has 0 bridgehead atoms. The third-order valence-corrected chi connectivity index (χ3v) is 9.24. The van der Waals surface area contributed by atoms with Crippen LogP contribution >= 0.6 is 0 Å². The number of rotatable bonds is 1. The predicted molar refractivity (Wildman–Crippen MR) is 89.8 cm³/mol. The summed E-state index contributed by atoms with van der Waals surface area (Å²) in [6.45, 7) is 5.03. The molecule has 0 amide bonds. The highest BCUT2D eigenvalue weighted by Crippen LogP contribution is 2.68. The lowest BCUT2D eigenvalue weighted by molar-refractivity contribution is -0.245. The van der Waals surface area contributed by atoms with Crippen LogP contribution in [0.4, 0.5) is 0 Å². The molecule has 3 heteroatoms. The van der Waals surface area contributed by atoms with Crippen LogP contribution in [0.5, 0.6) is 0 Å². The van der Waals surface area contributed by atoms with Gasteiger partial charge in [0.2, 0.25) is 0 Å². The van der Waals surface area contributed by atoms with E-state index >= 15 is 0 Å². The largest absolute Gasteiger partial charge is 0.396 e. The van der Waals surface area contributed by atoms with Gasteiger partial charge in [0.15, 0.2) is 0 Å². The van der Waals surface area contributed by atoms with Crippen molar-refractivity contribution in [2.45, 2.75) is 83.3 Å². The minimum Gasteiger partial charge on any atom is -0.396 e. The molecule has 0 heterocycles. The second-order valence-corrected chi connectivity index (χ2v) is 9.67. The van der Waals surface area contributed by atoms with E-state index in [1.54, 1.807) is 0 Å². The zero-order valence-electron chi connectivity index (χ0n) is 14.8. The average Bonchev–Trinajstić information content (AvgIpc) is 2.86. The normalized spacial score (nSPS) is 59.1. The Morgan fingerprint density at radius 2 is 1.70 bits per heavy atom. The molecular formula is C20H34O3. The summed E-state index contributed by atoms with van der Waals surface area (Å²) < 4.78 is 0. The summed E-state index contributed by atoms with van der Waals surface area (Å²) in [6, 6.07) is 0. The summed E-state index contributed by atoms with van der Waals surface area (Å²) in [7, 11) is 0. The van der Waals surface area contributed by atoms with Crippen molar-refractivity contribution >= 4 is 0 Å². The maximum Gasteiger partial charge on any atom is 0.0961 e. The van der Waals surface area contributed by atoms with Crippen LogP contribution in [-0.2, 0) is 0 Å². The summed E-state index contributed by atoms with van der Waals surface area (Å²) >= 11 is 0. The van der Waals surface area contributed by atoms with Gasteiger partial charge in [0, 0.05) is 12.0 Å². The fourth-order valence-corrected chi connectivity index (χ4v) is 7.73. The number of fused-ring (bicyclic) bond motifs is 5. The van der Waals surface area contributed by atoms with Crippen LogP contribution in [-0.4, -0.2) is 33.6 Å². The first-order valence-corrected chi connectivity index (χ1v) is 9.88. The first-order valence-electron chi connectivity index (χ1n) is 9.88. The second-order valence-electron chi connectivity index (χ2n) is 9.67. The summed E-state index contributed by atoms with van der Waals surface area (Å²) in [5.41, 5.74) is -0.684. The minimum absolute atomic E-state index is 0.119. The molecule has 0 spiro atoms. The molecular weight excluding hydrogens is 288 g/mol. The van der Waals surface area contributed by atoms with Gasteiger partial charge in [-0.3, -0.25) is 0 Å². The van der Waals surface area contributed by atoms with E-state index in [4.69, 9.17) is 0 Å². The fourth-order valence-electron chi connectivity index (χ4n) is 7.73. The van der Waals surface area contributed by atoms with Crippen LogP contribution in [0.1, 0.15) is 71.6 Å². The first-order chi connectivity index (χ1) is 10.9. The molecule has 4 saturated carbocycles. The van der Waals surface area contributed by atoms with E-state index in [0.717, 1.165) is 32.1 Å². The van der Waals surface area contributed by atoms with Gasteiger partial charge < -0.3 is 15.3 Å². The van der Waals surface area contributed by atoms with Gasteiger partial charge in [-0.15, -0.1) is 0 Å². The first kappa shape index (κ1) is 16.4. The van der Waals surface area contributed by atoms with Crippen molar-refractivity contribution in [3.8, 4) is 0 Å². The van der Waals surface area contributed by atoms with Crippen LogP contribution in [0.25, 0.3) is 0 Å². The Labute approximate surface area is 140 Å². The summed E-state index contributed by atoms with van der Waals surface area (Å²) in [6.07, 6.45) is 8.94. The van der Waals surface area contributed by atoms with Crippen LogP contribution in [0.3, 0.4) is 0 Å². The third-order valence-electron chi connectivity index (χ3n) is 9.24. The molecule has 0 unspecified atom stereocenters. The molecule has 4 aliphatic rings. The van der Waals surface area contributed by atoms with E-state index in [0.29, 0.717) is 35.7 Å². The summed E-state index contributed by atoms with van der Waals surface area (Å²) in [5, 5.41) is 31.7. The average molecular weight is 322 g/mol. The maximum atomic E-state index is 11.4. The minimum atomic E-state index is -0.866. The van der Waals surface area contributed by atoms with Crippen LogP contribution in [0.2, 0.25) is 0 Å². The van der Waals surface area contributed by atoms with Crippen molar-refractivity contribution in [2.75, 3.05) is 6.61 Å². The van der Waals surface area contributed by atoms with Gasteiger partial charge in [-0.05, 0) is 80.5 Å². The molecule has 0 aromatic rings. The van der Waals surface area contributed by atoms with E-state index in [2.05, 4.69) is 13.8 Å². The molecule has 8 atom stereocenters. The molecule has 0 aromatic heterocycles. The number of aliphatic hydroxyl groups excluding tert-OH is 2. The number of hydrogen-bond donors (Lipinski definition) is 3. The Kier molecular flexibility index (Phi) is 3.69. The zero-order chi connectivity index (χ0) is 16.5. The Hall–Kier alpha value is -0.120. The molecule has 4 rings (SSSR count). The molecule has 4 fully saturated rings. The lowest BCUT2D eigenvalue weighted by Gasteiger charge is -2.64. The smallest absolute Gasteiger partial charge is 0.0961 e. The zero-order valence-corrected chi connectivity index (χ0v) is 14.8. The van der Waals surface area contributed by atoms with Gasteiger partial charge in [0.1, 0.15) is 0 Å². The summed E-state index contributed by atoms with van der Waals surface area (Å²) in [5.74, 6) is 2.41. The number of aliphatic hydroxyl groups is 3. The highest BCUT2D eigenvalue weighted by Gasteiger charge is 2.65. The van der Waals surface area contributed by atoms with Crippen molar-refractivity contribution in [3.63, 3.8) is 0 Å². The van der Waals surface area contributed by atoms with E-state index in [1.165, 1.54) is 25.7 Å². The number of hydrogen-bond acceptors (Lipinski definition) is 3. The van der Waals surface area contributed by atoms with Crippen LogP contribution < -0.4 is 0 Å². The monoisotopic (exact) mass is 322 g/mol. The van der Waals surface area contributed by atoms with Gasteiger partial charge >= 0.3 is 0 Å². The topological polar surface area (TPSA) is 60.7 Å². The van der Waals surface area contributed by atoms with Gasteiger partial charge in [0.25, 0.3) is 0 Å². The SMILES string of the molecule is C[C@]12CC[C@H]3[C@@H](CC[C@@]4(O)[C@@H](O)CCC[C@]34C)[C@@H]1CC[C@@H]2CO. The van der Waals surface area contributed by atoms with Crippen molar-refractivity contribution in [1.29, 1.82) is 0 Å². The van der Waals surface area contributed by atoms with E-state index in [9.17, 15) is 15.3 Å². The molecule has 3 nitrogen and oxygen atoms in total. The van der Waals surface area contributed by atoms with Gasteiger partial charge in [0.05, 0.1) is 11.7 Å². The Balaban J connectivity index is 1.67. The molecule has 4 aliphatic carbocycles. The highest BCUT2D eigenvalue weighted by molar-refractivity contribution is 5.15. The van der Waals surface area contributed by atoms with E-state index in [1.807, 2.05) is 0 Å². The van der Waals surface area contributed by atoms with Gasteiger partial charge in [-0.1, -0.05) is 20.3 Å². The van der Waals surface area contributed by atoms with Crippen molar-refractivity contribution in [1.82, 2.24) is 0 Å². The standard InChI is InChI=1S/C20H34O3/c1-18-10-8-16-14(15(18)6-5-13(18)12-21)7-11-20(23)17(22)4-3-9-19(16,20)2/h13-17,21-23H,3-12H2,1-2H3/t13-,14+,15+,16+,17+,18-,19-,20-/m1/s1. The molecule has 3 N–H and O–H groups in total. The Morgan fingerprint density at radius 3 is 2.43 bits per heavy atom. The van der Waals surface area contributed by atoms with Crippen LogP contribution in [0, 0.1) is 34.5 Å². The van der Waals surface area contributed by atoms with Crippen LogP contribution in [0.15, 0.2) is 0 Å². The molecule has 0 aromatic carbocycles. The van der Waals surface area contributed by atoms with E-state index < -0.39 is 11.7 Å². The Bertz CT molecular complexity index is 480. The van der Waals surface area contributed by atoms with Gasteiger partial charge in [-0.25, -0.2) is 0 Å². The fraction of sp³-hybridized carbons (Fsp3) is 1.00. The Morgan fingerprint density at radius 1 is 0.913 bits per heavy atom. The molecule has 132 valence electrons. The van der Waals surface area contributed by atoms with Crippen molar-refractivity contribution in [2.24, 2.45) is 34.5 Å². The lowest BCUT2D eigenvalue weighted by atomic mass is 9.43. The van der Waals surface area contributed by atoms with E-state index in [-0.39, 0.29) is 5.41 Å². The second kappa shape index (κ2) is 5.19. The van der Waals surface area contributed by atoms with Gasteiger partial charge in [-0.2, -0.15) is 0 Å². The van der Waals surface area contributed by atoms with Crippen molar-refractivity contribution < 1.29 is 15.3 Å². The molecule has 0 aliphatic heterocycles.